The Morgan fingerprint density at radius 1 is 1.27 bits per heavy atom. The highest BCUT2D eigenvalue weighted by molar-refractivity contribution is 7.89. The van der Waals surface area contributed by atoms with Gasteiger partial charge in [0.15, 0.2) is 5.11 Å². The zero-order chi connectivity index (χ0) is 19.3. The Hall–Kier alpha value is -1.18. The minimum atomic E-state index is -3.46. The third-order valence-corrected chi connectivity index (χ3v) is 7.69. The molecule has 2 aliphatic rings. The monoisotopic (exact) mass is 395 g/mol. The number of hydrogen-bond donors (Lipinski definition) is 1. The molecule has 0 aromatic heterocycles. The first-order valence-corrected chi connectivity index (χ1v) is 10.9. The number of anilines is 1. The number of fused-ring (bicyclic) bond motifs is 2. The van der Waals surface area contributed by atoms with Crippen LogP contribution in [0.5, 0.6) is 0 Å². The topological polar surface area (TPSA) is 52.7 Å². The molecule has 1 aromatic carbocycles. The van der Waals surface area contributed by atoms with E-state index in [0.717, 1.165) is 13.0 Å². The zero-order valence-corrected chi connectivity index (χ0v) is 17.9. The number of benzene rings is 1. The predicted octanol–water partition coefficient (Wildman–Crippen LogP) is 3.53. The van der Waals surface area contributed by atoms with Crippen molar-refractivity contribution in [2.24, 2.45) is 10.8 Å². The molecule has 0 radical (unpaired) electrons. The van der Waals surface area contributed by atoms with Gasteiger partial charge in [-0.3, -0.25) is 0 Å². The van der Waals surface area contributed by atoms with Crippen molar-refractivity contribution in [3.63, 3.8) is 0 Å². The molecule has 1 aliphatic carbocycles. The summed E-state index contributed by atoms with van der Waals surface area (Å²) in [6.45, 7) is 8.00. The molecular weight excluding hydrogens is 366 g/mol. The summed E-state index contributed by atoms with van der Waals surface area (Å²) in [7, 11) is -0.388. The largest absolute Gasteiger partial charge is 0.345 e. The van der Waals surface area contributed by atoms with Gasteiger partial charge in [0.25, 0.3) is 0 Å². The van der Waals surface area contributed by atoms with Gasteiger partial charge < -0.3 is 10.2 Å². The highest BCUT2D eigenvalue weighted by atomic mass is 32.2. The van der Waals surface area contributed by atoms with Crippen LogP contribution in [-0.4, -0.2) is 49.4 Å². The Balaban J connectivity index is 1.78. The van der Waals surface area contributed by atoms with E-state index in [1.165, 1.54) is 31.2 Å². The number of nitrogens with one attached hydrogen (secondary N) is 1. The van der Waals surface area contributed by atoms with Crippen molar-refractivity contribution >= 4 is 33.0 Å². The lowest BCUT2D eigenvalue weighted by Crippen LogP contribution is -2.40. The lowest BCUT2D eigenvalue weighted by molar-refractivity contribution is 0.132. The molecular formula is C19H29N3O2S2. The Labute approximate surface area is 162 Å². The van der Waals surface area contributed by atoms with Crippen LogP contribution in [0.4, 0.5) is 5.69 Å². The molecule has 2 bridgehead atoms. The van der Waals surface area contributed by atoms with Crippen LogP contribution >= 0.6 is 12.2 Å². The minimum absolute atomic E-state index is 0.267. The summed E-state index contributed by atoms with van der Waals surface area (Å²) in [5.41, 5.74) is 1.35. The lowest BCUT2D eigenvalue weighted by atomic mass is 9.65. The number of likely N-dealkylation sites (tertiary alicyclic amines) is 1. The van der Waals surface area contributed by atoms with E-state index >= 15 is 0 Å². The summed E-state index contributed by atoms with van der Waals surface area (Å²) >= 11 is 5.69. The molecule has 2 atom stereocenters. The molecule has 5 nitrogen and oxygen atoms in total. The Kier molecular flexibility index (Phi) is 4.86. The molecule has 144 valence electrons. The van der Waals surface area contributed by atoms with Crippen LogP contribution in [0.1, 0.15) is 40.0 Å². The van der Waals surface area contributed by atoms with E-state index in [9.17, 15) is 8.42 Å². The molecule has 1 saturated heterocycles. The third kappa shape index (κ3) is 3.75. The van der Waals surface area contributed by atoms with Crippen molar-refractivity contribution in [2.45, 2.75) is 51.0 Å². The fraction of sp³-hybridized carbons (Fsp3) is 0.632. The first-order chi connectivity index (χ1) is 11.9. The van der Waals surface area contributed by atoms with Crippen molar-refractivity contribution in [3.05, 3.63) is 24.3 Å². The molecule has 1 heterocycles. The molecule has 0 unspecified atom stereocenters. The van der Waals surface area contributed by atoms with E-state index in [1.807, 2.05) is 6.07 Å². The van der Waals surface area contributed by atoms with Crippen molar-refractivity contribution < 1.29 is 8.42 Å². The number of rotatable bonds is 3. The van der Waals surface area contributed by atoms with Gasteiger partial charge in [-0.25, -0.2) is 12.7 Å². The molecule has 1 aliphatic heterocycles. The van der Waals surface area contributed by atoms with Gasteiger partial charge in [-0.2, -0.15) is 0 Å². The summed E-state index contributed by atoms with van der Waals surface area (Å²) in [4.78, 5) is 2.57. The van der Waals surface area contributed by atoms with Gasteiger partial charge in [0.2, 0.25) is 10.0 Å². The molecule has 1 N–H and O–H groups in total. The lowest BCUT2D eigenvalue weighted by Gasteiger charge is -2.39. The van der Waals surface area contributed by atoms with Gasteiger partial charge in [0.05, 0.1) is 4.90 Å². The van der Waals surface area contributed by atoms with Gasteiger partial charge in [-0.15, -0.1) is 0 Å². The van der Waals surface area contributed by atoms with Crippen LogP contribution in [0.25, 0.3) is 0 Å². The van der Waals surface area contributed by atoms with Crippen LogP contribution in [0, 0.1) is 10.8 Å². The zero-order valence-electron chi connectivity index (χ0n) is 16.2. The number of nitrogens with zero attached hydrogens (tertiary/aromatic N) is 2. The maximum Gasteiger partial charge on any atom is 0.242 e. The van der Waals surface area contributed by atoms with E-state index in [4.69, 9.17) is 12.2 Å². The fourth-order valence-corrected chi connectivity index (χ4v) is 6.12. The van der Waals surface area contributed by atoms with Crippen molar-refractivity contribution in [2.75, 3.05) is 26.0 Å². The summed E-state index contributed by atoms with van der Waals surface area (Å²) in [5, 5.41) is 3.96. The van der Waals surface area contributed by atoms with E-state index in [1.54, 1.807) is 18.2 Å². The van der Waals surface area contributed by atoms with Crippen molar-refractivity contribution in [1.29, 1.82) is 0 Å². The molecule has 1 aromatic rings. The van der Waals surface area contributed by atoms with Crippen molar-refractivity contribution in [1.82, 2.24) is 9.21 Å². The SMILES string of the molecule is CN(C)S(=O)(=O)c1cccc(NC(=S)N2C[C@]3(C)C[C@H]2CC(C)(C)C3)c1. The summed E-state index contributed by atoms with van der Waals surface area (Å²) < 4.78 is 25.9. The van der Waals surface area contributed by atoms with Crippen LogP contribution in [-0.2, 0) is 10.0 Å². The second-order valence-corrected chi connectivity index (χ2v) is 11.6. The summed E-state index contributed by atoms with van der Waals surface area (Å²) in [6.07, 6.45) is 3.53. The predicted molar refractivity (Wildman–Crippen MR) is 110 cm³/mol. The van der Waals surface area contributed by atoms with E-state index < -0.39 is 10.0 Å². The first kappa shape index (κ1) is 19.6. The average molecular weight is 396 g/mol. The third-order valence-electron chi connectivity index (χ3n) is 5.54. The van der Waals surface area contributed by atoms with Gasteiger partial charge in [-0.1, -0.05) is 26.8 Å². The van der Waals surface area contributed by atoms with Crippen LogP contribution in [0.2, 0.25) is 0 Å². The second-order valence-electron chi connectivity index (χ2n) is 9.09. The van der Waals surface area contributed by atoms with Gasteiger partial charge in [0, 0.05) is 32.4 Å². The van der Waals surface area contributed by atoms with E-state index in [-0.39, 0.29) is 4.90 Å². The minimum Gasteiger partial charge on any atom is -0.345 e. The fourth-order valence-electron chi connectivity index (χ4n) is 4.84. The Bertz CT molecular complexity index is 820. The quantitative estimate of drug-likeness (QED) is 0.794. The van der Waals surface area contributed by atoms with Gasteiger partial charge >= 0.3 is 0 Å². The summed E-state index contributed by atoms with van der Waals surface area (Å²) in [5.74, 6) is 0. The molecule has 3 rings (SSSR count). The summed E-state index contributed by atoms with van der Waals surface area (Å²) in [6, 6.07) is 7.31. The van der Waals surface area contributed by atoms with Gasteiger partial charge in [0.1, 0.15) is 0 Å². The molecule has 7 heteroatoms. The number of sulfonamides is 1. The molecule has 26 heavy (non-hydrogen) atoms. The molecule has 0 spiro atoms. The first-order valence-electron chi connectivity index (χ1n) is 9.02. The standard InChI is InChI=1S/C19H29N3O2S2/c1-18(2)10-15-11-19(3,12-18)13-22(15)17(25)20-14-7-6-8-16(9-14)26(23,24)21(4)5/h6-9,15H,10-13H2,1-5H3,(H,20,25)/t15-,19-/m1/s1. The Morgan fingerprint density at radius 2 is 1.96 bits per heavy atom. The highest BCUT2D eigenvalue weighted by Crippen LogP contribution is 2.52. The average Bonchev–Trinajstić information content (AvgIpc) is 2.76. The molecule has 0 amide bonds. The normalized spacial score (nSPS) is 27.6. The highest BCUT2D eigenvalue weighted by Gasteiger charge is 2.50. The maximum absolute atomic E-state index is 12.3. The van der Waals surface area contributed by atoms with Crippen LogP contribution in [0.15, 0.2) is 29.2 Å². The van der Waals surface area contributed by atoms with E-state index in [0.29, 0.717) is 27.7 Å². The van der Waals surface area contributed by atoms with E-state index in [2.05, 4.69) is 31.0 Å². The Morgan fingerprint density at radius 3 is 2.62 bits per heavy atom. The van der Waals surface area contributed by atoms with Gasteiger partial charge in [-0.05, 0) is 60.5 Å². The molecule has 2 fully saturated rings. The van der Waals surface area contributed by atoms with Crippen LogP contribution < -0.4 is 5.32 Å². The van der Waals surface area contributed by atoms with Crippen LogP contribution in [0.3, 0.4) is 0 Å². The smallest absolute Gasteiger partial charge is 0.242 e. The maximum atomic E-state index is 12.3. The molecule has 1 saturated carbocycles. The second kappa shape index (κ2) is 6.46. The van der Waals surface area contributed by atoms with Crippen molar-refractivity contribution in [3.8, 4) is 0 Å². The number of hydrogen-bond acceptors (Lipinski definition) is 3. The number of thiocarbonyl (C=S) groups is 1.